The van der Waals surface area contributed by atoms with Gasteiger partial charge in [-0.15, -0.1) is 0 Å². The lowest BCUT2D eigenvalue weighted by molar-refractivity contribution is -0.132. The van der Waals surface area contributed by atoms with Gasteiger partial charge in [0.25, 0.3) is 0 Å². The van der Waals surface area contributed by atoms with E-state index in [1.807, 2.05) is 60.7 Å². The number of aromatic amines is 1. The smallest absolute Gasteiger partial charge is 0.331 e. The predicted octanol–water partition coefficient (Wildman–Crippen LogP) is 8.33. The molecule has 0 bridgehead atoms. The van der Waals surface area contributed by atoms with Crippen LogP contribution in [0, 0.1) is 0 Å². The van der Waals surface area contributed by atoms with Crippen molar-refractivity contribution in [2.45, 2.75) is 12.8 Å². The highest BCUT2D eigenvalue weighted by atomic mass is 35.5. The molecule has 0 amide bonds. The largest absolute Gasteiger partial charge is 0.489 e. The van der Waals surface area contributed by atoms with Gasteiger partial charge in [-0.25, -0.2) is 9.78 Å². The van der Waals surface area contributed by atoms with Gasteiger partial charge in [0.1, 0.15) is 18.2 Å². The summed E-state index contributed by atoms with van der Waals surface area (Å²) >= 11 is 12.3. The first-order chi connectivity index (χ1) is 18.4. The van der Waals surface area contributed by atoms with Crippen LogP contribution in [-0.4, -0.2) is 27.7 Å². The van der Waals surface area contributed by atoms with Gasteiger partial charge in [-0.1, -0.05) is 71.8 Å². The molecule has 0 saturated heterocycles. The molecule has 1 heterocycles. The van der Waals surface area contributed by atoms with Crippen LogP contribution in [-0.2, 0) is 4.79 Å². The molecule has 0 unspecified atom stereocenters. The summed E-state index contributed by atoms with van der Waals surface area (Å²) in [6, 6.07) is 21.6. The molecule has 5 rings (SSSR count). The van der Waals surface area contributed by atoms with Gasteiger partial charge < -0.3 is 14.8 Å². The van der Waals surface area contributed by atoms with Crippen molar-refractivity contribution in [3.63, 3.8) is 0 Å². The fourth-order valence-corrected chi connectivity index (χ4v) is 4.67. The topological polar surface area (TPSA) is 75.2 Å². The molecule has 0 saturated carbocycles. The first-order valence-corrected chi connectivity index (χ1v) is 12.8. The zero-order valence-electron chi connectivity index (χ0n) is 20.3. The number of carboxylic acid groups (broad SMARTS) is 1. The maximum atomic E-state index is 11.0. The Hall–Kier alpha value is -4.06. The molecule has 0 radical (unpaired) electrons. The highest BCUT2D eigenvalue weighted by Gasteiger charge is 2.12. The maximum Gasteiger partial charge on any atom is 0.331 e. The van der Waals surface area contributed by atoms with E-state index < -0.39 is 5.97 Å². The van der Waals surface area contributed by atoms with Crippen LogP contribution in [0.15, 0.2) is 96.2 Å². The summed E-state index contributed by atoms with van der Waals surface area (Å²) in [5.74, 6) is 0.639. The number of rotatable bonds is 8. The monoisotopic (exact) mass is 542 g/mol. The minimum absolute atomic E-state index is 0.437. The first kappa shape index (κ1) is 25.6. The molecule has 190 valence electrons. The van der Waals surface area contributed by atoms with E-state index in [2.05, 4.69) is 22.1 Å². The second-order valence-electron chi connectivity index (χ2n) is 8.90. The Bertz CT molecular complexity index is 1570. The fourth-order valence-electron chi connectivity index (χ4n) is 4.16. The van der Waals surface area contributed by atoms with Crippen molar-refractivity contribution in [3.05, 3.63) is 118 Å². The molecular formula is C31H24Cl2N2O3. The lowest BCUT2D eigenvalue weighted by Gasteiger charge is -2.13. The van der Waals surface area contributed by atoms with Gasteiger partial charge in [0.2, 0.25) is 0 Å². The van der Waals surface area contributed by atoms with E-state index in [1.165, 1.54) is 0 Å². The minimum atomic E-state index is -0.856. The lowest BCUT2D eigenvalue weighted by Crippen LogP contribution is -2.08. The number of hydrogen-bond acceptors (Lipinski definition) is 3. The number of halogens is 2. The van der Waals surface area contributed by atoms with Gasteiger partial charge >= 0.3 is 5.97 Å². The molecular weight excluding hydrogens is 519 g/mol. The summed E-state index contributed by atoms with van der Waals surface area (Å²) < 4.78 is 5.91. The van der Waals surface area contributed by atoms with Gasteiger partial charge in [-0.2, -0.15) is 0 Å². The molecule has 0 fully saturated rings. The third-order valence-electron chi connectivity index (χ3n) is 6.26. The second-order valence-corrected chi connectivity index (χ2v) is 9.74. The highest BCUT2D eigenvalue weighted by Crippen LogP contribution is 2.30. The number of allylic oxidation sites excluding steroid dienone is 2. The van der Waals surface area contributed by atoms with Crippen molar-refractivity contribution in [3.8, 4) is 28.1 Å². The summed E-state index contributed by atoms with van der Waals surface area (Å²) in [7, 11) is 0. The molecule has 0 spiro atoms. The third-order valence-corrected chi connectivity index (χ3v) is 6.81. The Morgan fingerprint density at radius 1 is 0.974 bits per heavy atom. The minimum Gasteiger partial charge on any atom is -0.489 e. The van der Waals surface area contributed by atoms with Crippen LogP contribution in [0.1, 0.15) is 24.2 Å². The molecule has 0 aliphatic heterocycles. The van der Waals surface area contributed by atoms with Crippen LogP contribution in [0.3, 0.4) is 0 Å². The third kappa shape index (κ3) is 6.25. The predicted molar refractivity (Wildman–Crippen MR) is 153 cm³/mol. The molecule has 4 aromatic rings. The van der Waals surface area contributed by atoms with E-state index in [4.69, 9.17) is 33.0 Å². The number of ether oxygens (including phenoxy) is 1. The van der Waals surface area contributed by atoms with Crippen molar-refractivity contribution >= 4 is 41.3 Å². The van der Waals surface area contributed by atoms with Crippen LogP contribution >= 0.6 is 23.2 Å². The van der Waals surface area contributed by atoms with Crippen molar-refractivity contribution < 1.29 is 14.6 Å². The lowest BCUT2D eigenvalue weighted by atomic mass is 9.99. The van der Waals surface area contributed by atoms with Crippen LogP contribution in [0.2, 0.25) is 10.0 Å². The molecule has 0 atom stereocenters. The number of H-pyrrole nitrogens is 1. The number of benzene rings is 3. The van der Waals surface area contributed by atoms with Crippen LogP contribution in [0.5, 0.6) is 5.75 Å². The number of hydrogen-bond donors (Lipinski definition) is 2. The Labute approximate surface area is 230 Å². The van der Waals surface area contributed by atoms with Crippen molar-refractivity contribution in [2.24, 2.45) is 0 Å². The van der Waals surface area contributed by atoms with Crippen LogP contribution < -0.4 is 4.74 Å². The summed E-state index contributed by atoms with van der Waals surface area (Å²) in [6.45, 7) is 0.446. The highest BCUT2D eigenvalue weighted by molar-refractivity contribution is 6.36. The SMILES string of the molecule is O=C(O)C1=CC=C(COc2ccc(-c3cccc(/C=C/c4ncc(-c5ccc(Cl)cc5Cl)[nH]4)c3)cc2)CC1. The van der Waals surface area contributed by atoms with E-state index in [9.17, 15) is 4.79 Å². The van der Waals surface area contributed by atoms with E-state index >= 15 is 0 Å². The number of carbonyl (C=O) groups is 1. The van der Waals surface area contributed by atoms with Gasteiger partial charge in [0.15, 0.2) is 0 Å². The molecule has 7 heteroatoms. The molecule has 38 heavy (non-hydrogen) atoms. The Balaban J connectivity index is 1.23. The number of aromatic nitrogens is 2. The number of nitrogens with zero attached hydrogens (tertiary/aromatic N) is 1. The van der Waals surface area contributed by atoms with Gasteiger partial charge in [-0.05, 0) is 77.6 Å². The van der Waals surface area contributed by atoms with E-state index in [-0.39, 0.29) is 0 Å². The summed E-state index contributed by atoms with van der Waals surface area (Å²) in [5.41, 5.74) is 6.40. The molecule has 1 aliphatic carbocycles. The zero-order valence-corrected chi connectivity index (χ0v) is 21.8. The van der Waals surface area contributed by atoms with E-state index in [0.29, 0.717) is 35.1 Å². The van der Waals surface area contributed by atoms with Gasteiger partial charge in [-0.3, -0.25) is 0 Å². The number of nitrogens with one attached hydrogen (secondary N) is 1. The molecule has 2 N–H and O–H groups in total. The summed E-state index contributed by atoms with van der Waals surface area (Å²) in [6.07, 6.45) is 10.4. The number of carboxylic acids is 1. The Kier molecular flexibility index (Phi) is 7.78. The Morgan fingerprint density at radius 3 is 2.55 bits per heavy atom. The summed E-state index contributed by atoms with van der Waals surface area (Å²) in [4.78, 5) is 18.8. The number of imidazole rings is 1. The average molecular weight is 543 g/mol. The normalized spacial score (nSPS) is 13.3. The van der Waals surface area contributed by atoms with Crippen molar-refractivity contribution in [1.29, 1.82) is 0 Å². The zero-order chi connectivity index (χ0) is 26.5. The molecule has 3 aromatic carbocycles. The summed E-state index contributed by atoms with van der Waals surface area (Å²) in [5, 5.41) is 10.2. The first-order valence-electron chi connectivity index (χ1n) is 12.1. The Morgan fingerprint density at radius 2 is 1.82 bits per heavy atom. The standard InChI is InChI=1S/C31H24Cl2N2O3/c32-25-11-14-27(28(33)17-25)29-18-34-30(35-29)15-6-20-2-1-3-24(16-20)22-9-12-26(13-10-22)38-19-21-4-7-23(8-5-21)31(36)37/h1-4,6-7,9-18H,5,8,19H2,(H,34,35)(H,36,37)/b15-6+. The van der Waals surface area contributed by atoms with Crippen LogP contribution in [0.25, 0.3) is 34.5 Å². The van der Waals surface area contributed by atoms with Crippen molar-refractivity contribution in [1.82, 2.24) is 9.97 Å². The molecule has 5 nitrogen and oxygen atoms in total. The second kappa shape index (κ2) is 11.5. The molecule has 1 aromatic heterocycles. The quantitative estimate of drug-likeness (QED) is 0.234. The van der Waals surface area contributed by atoms with E-state index in [1.54, 1.807) is 24.4 Å². The van der Waals surface area contributed by atoms with Crippen molar-refractivity contribution in [2.75, 3.05) is 6.61 Å². The van der Waals surface area contributed by atoms with E-state index in [0.717, 1.165) is 45.1 Å². The van der Waals surface area contributed by atoms with Gasteiger partial charge in [0, 0.05) is 16.2 Å². The average Bonchev–Trinajstić information content (AvgIpc) is 3.40. The van der Waals surface area contributed by atoms with Gasteiger partial charge in [0.05, 0.1) is 16.9 Å². The fraction of sp³-hybridized carbons (Fsp3) is 0.0968. The van der Waals surface area contributed by atoms with Crippen LogP contribution in [0.4, 0.5) is 0 Å². The number of aliphatic carboxylic acids is 1. The molecule has 1 aliphatic rings. The maximum absolute atomic E-state index is 11.0.